The summed E-state index contributed by atoms with van der Waals surface area (Å²) in [5, 5.41) is 0. The SMILES string of the molecule is CN(Cc1ccc2c(c1)OCO2)c1cc(C2CC(N)C2)ncn1.Cl.Cl. The molecule has 6 nitrogen and oxygen atoms in total. The molecule has 0 unspecified atom stereocenters. The third-order valence-corrected chi connectivity index (χ3v) is 4.51. The molecule has 1 aliphatic carbocycles. The third kappa shape index (κ3) is 4.08. The average molecular weight is 385 g/mol. The first-order valence-electron chi connectivity index (χ1n) is 7.86. The van der Waals surface area contributed by atoms with E-state index < -0.39 is 0 Å². The molecule has 136 valence electrons. The summed E-state index contributed by atoms with van der Waals surface area (Å²) in [5.41, 5.74) is 8.12. The van der Waals surface area contributed by atoms with E-state index in [1.807, 2.05) is 19.2 Å². The van der Waals surface area contributed by atoms with Gasteiger partial charge < -0.3 is 20.1 Å². The van der Waals surface area contributed by atoms with Gasteiger partial charge in [0, 0.05) is 37.3 Å². The fraction of sp³-hybridized carbons (Fsp3) is 0.412. The summed E-state index contributed by atoms with van der Waals surface area (Å²) < 4.78 is 10.8. The summed E-state index contributed by atoms with van der Waals surface area (Å²) in [4.78, 5) is 10.9. The van der Waals surface area contributed by atoms with E-state index in [1.54, 1.807) is 6.33 Å². The summed E-state index contributed by atoms with van der Waals surface area (Å²) in [7, 11) is 2.03. The van der Waals surface area contributed by atoms with Crippen molar-refractivity contribution in [3.8, 4) is 11.5 Å². The number of hydrogen-bond donors (Lipinski definition) is 1. The average Bonchev–Trinajstić information content (AvgIpc) is 2.99. The highest BCUT2D eigenvalue weighted by Crippen LogP contribution is 2.36. The molecule has 2 heterocycles. The summed E-state index contributed by atoms with van der Waals surface area (Å²) in [6.45, 7) is 1.05. The van der Waals surface area contributed by atoms with Crippen molar-refractivity contribution in [2.24, 2.45) is 5.73 Å². The van der Waals surface area contributed by atoms with Crippen molar-refractivity contribution in [2.75, 3.05) is 18.7 Å². The zero-order valence-electron chi connectivity index (χ0n) is 13.9. The molecular weight excluding hydrogens is 363 g/mol. The highest BCUT2D eigenvalue weighted by Gasteiger charge is 2.28. The lowest BCUT2D eigenvalue weighted by molar-refractivity contribution is 0.174. The van der Waals surface area contributed by atoms with Crippen molar-refractivity contribution in [1.82, 2.24) is 9.97 Å². The van der Waals surface area contributed by atoms with Crippen molar-refractivity contribution in [3.63, 3.8) is 0 Å². The normalized spacial score (nSPS) is 20.1. The van der Waals surface area contributed by atoms with Crippen molar-refractivity contribution in [2.45, 2.75) is 31.3 Å². The van der Waals surface area contributed by atoms with Crippen molar-refractivity contribution in [3.05, 3.63) is 41.9 Å². The molecular formula is C17H22Cl2N4O2. The standard InChI is InChI=1S/C17H20N4O2.2ClH/c1-21(8-11-2-3-15-16(4-11)23-10-22-15)17-7-14(19-9-20-17)12-5-13(18)6-12;;/h2-4,7,9,12-13H,5-6,8,10,18H2,1H3;2*1H. The number of anilines is 1. The van der Waals surface area contributed by atoms with Gasteiger partial charge in [-0.1, -0.05) is 6.07 Å². The van der Waals surface area contributed by atoms with Crippen LogP contribution < -0.4 is 20.1 Å². The minimum absolute atomic E-state index is 0. The smallest absolute Gasteiger partial charge is 0.231 e. The van der Waals surface area contributed by atoms with Crippen LogP contribution in [0.1, 0.15) is 30.0 Å². The Bertz CT molecular complexity index is 726. The van der Waals surface area contributed by atoms with Gasteiger partial charge in [0.25, 0.3) is 0 Å². The fourth-order valence-corrected chi connectivity index (χ4v) is 3.09. The van der Waals surface area contributed by atoms with Gasteiger partial charge in [0.1, 0.15) is 12.1 Å². The first-order valence-corrected chi connectivity index (χ1v) is 7.86. The second-order valence-corrected chi connectivity index (χ2v) is 6.27. The molecule has 1 saturated carbocycles. The largest absolute Gasteiger partial charge is 0.454 e. The van der Waals surface area contributed by atoms with E-state index >= 15 is 0 Å². The number of ether oxygens (including phenoxy) is 2. The summed E-state index contributed by atoms with van der Waals surface area (Å²) in [6.07, 6.45) is 3.68. The first-order chi connectivity index (χ1) is 11.2. The number of nitrogens with two attached hydrogens (primary N) is 1. The van der Waals surface area contributed by atoms with Crippen LogP contribution in [-0.2, 0) is 6.54 Å². The van der Waals surface area contributed by atoms with Crippen LogP contribution in [0.4, 0.5) is 5.82 Å². The predicted octanol–water partition coefficient (Wildman–Crippen LogP) is 2.89. The van der Waals surface area contributed by atoms with Crippen LogP contribution in [-0.4, -0.2) is 29.9 Å². The molecule has 8 heteroatoms. The third-order valence-electron chi connectivity index (χ3n) is 4.51. The van der Waals surface area contributed by atoms with Gasteiger partial charge in [-0.3, -0.25) is 0 Å². The molecule has 2 aliphatic rings. The molecule has 1 fully saturated rings. The number of benzene rings is 1. The number of fused-ring (bicyclic) bond motifs is 1. The molecule has 4 rings (SSSR count). The second-order valence-electron chi connectivity index (χ2n) is 6.27. The van der Waals surface area contributed by atoms with Crippen LogP contribution in [0.3, 0.4) is 0 Å². The lowest BCUT2D eigenvalue weighted by atomic mass is 9.78. The molecule has 1 aromatic carbocycles. The maximum Gasteiger partial charge on any atom is 0.231 e. The van der Waals surface area contributed by atoms with E-state index in [1.165, 1.54) is 0 Å². The van der Waals surface area contributed by atoms with E-state index in [-0.39, 0.29) is 24.8 Å². The molecule has 0 spiro atoms. The van der Waals surface area contributed by atoms with Crippen LogP contribution in [0.25, 0.3) is 0 Å². The summed E-state index contributed by atoms with van der Waals surface area (Å²) in [5.74, 6) is 3.02. The Morgan fingerprint density at radius 2 is 1.88 bits per heavy atom. The van der Waals surface area contributed by atoms with Crippen LogP contribution in [0.2, 0.25) is 0 Å². The Labute approximate surface area is 159 Å². The zero-order valence-corrected chi connectivity index (χ0v) is 15.6. The van der Waals surface area contributed by atoms with Crippen LogP contribution >= 0.6 is 24.8 Å². The van der Waals surface area contributed by atoms with E-state index in [2.05, 4.69) is 27.0 Å². The minimum atomic E-state index is 0. The topological polar surface area (TPSA) is 73.5 Å². The fourth-order valence-electron chi connectivity index (χ4n) is 3.09. The number of rotatable bonds is 4. The number of nitrogens with zero attached hydrogens (tertiary/aromatic N) is 3. The lowest BCUT2D eigenvalue weighted by Crippen LogP contribution is -2.35. The van der Waals surface area contributed by atoms with Gasteiger partial charge in [0.15, 0.2) is 11.5 Å². The van der Waals surface area contributed by atoms with Crippen LogP contribution in [0.5, 0.6) is 11.5 Å². The van der Waals surface area contributed by atoms with Gasteiger partial charge in [0.2, 0.25) is 6.79 Å². The van der Waals surface area contributed by atoms with Gasteiger partial charge in [-0.25, -0.2) is 9.97 Å². The Morgan fingerprint density at radius 3 is 2.64 bits per heavy atom. The van der Waals surface area contributed by atoms with E-state index in [9.17, 15) is 0 Å². The van der Waals surface area contributed by atoms with E-state index in [0.29, 0.717) is 18.8 Å². The Hall–Kier alpha value is -1.76. The minimum Gasteiger partial charge on any atom is -0.454 e. The van der Waals surface area contributed by atoms with E-state index in [0.717, 1.165) is 48.0 Å². The summed E-state index contributed by atoms with van der Waals surface area (Å²) >= 11 is 0. The zero-order chi connectivity index (χ0) is 15.8. The Kier molecular flexibility index (Phi) is 6.32. The molecule has 0 saturated heterocycles. The number of aromatic nitrogens is 2. The molecule has 25 heavy (non-hydrogen) atoms. The molecule has 1 aromatic heterocycles. The van der Waals surface area contributed by atoms with Gasteiger partial charge in [-0.05, 0) is 30.5 Å². The van der Waals surface area contributed by atoms with Crippen molar-refractivity contribution in [1.29, 1.82) is 0 Å². The predicted molar refractivity (Wildman–Crippen MR) is 101 cm³/mol. The molecule has 2 aromatic rings. The molecule has 1 aliphatic heterocycles. The summed E-state index contributed by atoms with van der Waals surface area (Å²) in [6, 6.07) is 8.42. The van der Waals surface area contributed by atoms with Gasteiger partial charge in [0.05, 0.1) is 0 Å². The lowest BCUT2D eigenvalue weighted by Gasteiger charge is -2.32. The molecule has 0 amide bonds. The first kappa shape index (κ1) is 19.6. The Balaban J connectivity index is 0.00000113. The maximum atomic E-state index is 5.87. The van der Waals surface area contributed by atoms with Gasteiger partial charge >= 0.3 is 0 Å². The maximum absolute atomic E-state index is 5.87. The van der Waals surface area contributed by atoms with Gasteiger partial charge in [-0.2, -0.15) is 0 Å². The quantitative estimate of drug-likeness (QED) is 0.873. The second kappa shape index (κ2) is 8.08. The highest BCUT2D eigenvalue weighted by atomic mass is 35.5. The van der Waals surface area contributed by atoms with Crippen LogP contribution in [0.15, 0.2) is 30.6 Å². The molecule has 0 bridgehead atoms. The highest BCUT2D eigenvalue weighted by molar-refractivity contribution is 5.85. The molecule has 2 N–H and O–H groups in total. The van der Waals surface area contributed by atoms with Crippen molar-refractivity contribution >= 4 is 30.6 Å². The van der Waals surface area contributed by atoms with Crippen molar-refractivity contribution < 1.29 is 9.47 Å². The molecule has 0 atom stereocenters. The molecule has 0 radical (unpaired) electrons. The Morgan fingerprint density at radius 1 is 1.12 bits per heavy atom. The van der Waals surface area contributed by atoms with Gasteiger partial charge in [-0.15, -0.1) is 24.8 Å². The number of hydrogen-bond acceptors (Lipinski definition) is 6. The van der Waals surface area contributed by atoms with Crippen LogP contribution in [0, 0.1) is 0 Å². The van der Waals surface area contributed by atoms with E-state index in [4.69, 9.17) is 15.2 Å². The number of halogens is 2. The monoisotopic (exact) mass is 384 g/mol.